The topological polar surface area (TPSA) is 32.7 Å². The Labute approximate surface area is 128 Å². The van der Waals surface area contributed by atoms with E-state index < -0.39 is 0 Å². The number of nitrogens with zero attached hydrogens (tertiary/aromatic N) is 2. The summed E-state index contributed by atoms with van der Waals surface area (Å²) >= 11 is 2.71. The summed E-state index contributed by atoms with van der Waals surface area (Å²) in [4.78, 5) is 18.4. The van der Waals surface area contributed by atoms with E-state index in [-0.39, 0.29) is 5.12 Å². The number of aliphatic imine (C=N–C) groups is 1. The van der Waals surface area contributed by atoms with Gasteiger partial charge in [0, 0.05) is 18.8 Å². The van der Waals surface area contributed by atoms with E-state index in [4.69, 9.17) is 0 Å². The first-order valence-corrected chi connectivity index (χ1v) is 8.63. The van der Waals surface area contributed by atoms with Crippen molar-refractivity contribution < 1.29 is 4.79 Å². The molecule has 5 heteroatoms. The highest BCUT2D eigenvalue weighted by molar-refractivity contribution is 8.45. The Bertz CT molecular complexity index is 545. The van der Waals surface area contributed by atoms with Crippen molar-refractivity contribution in [1.82, 2.24) is 0 Å². The van der Waals surface area contributed by atoms with Gasteiger partial charge in [-0.05, 0) is 55.6 Å². The van der Waals surface area contributed by atoms with E-state index in [1.807, 2.05) is 24.5 Å². The molecule has 2 rings (SSSR count). The number of anilines is 1. The van der Waals surface area contributed by atoms with Crippen LogP contribution in [0, 0.1) is 0 Å². The van der Waals surface area contributed by atoms with Crippen molar-refractivity contribution in [2.75, 3.05) is 24.2 Å². The zero-order valence-corrected chi connectivity index (χ0v) is 13.6. The van der Waals surface area contributed by atoms with Crippen molar-refractivity contribution in [3.63, 3.8) is 0 Å². The molecule has 0 radical (unpaired) electrons. The van der Waals surface area contributed by atoms with Gasteiger partial charge in [0.1, 0.15) is 10.1 Å². The minimum Gasteiger partial charge on any atom is -0.372 e. The maximum atomic E-state index is 11.8. The molecule has 1 heterocycles. The van der Waals surface area contributed by atoms with Crippen molar-refractivity contribution >= 4 is 44.8 Å². The van der Waals surface area contributed by atoms with Crippen LogP contribution in [0.2, 0.25) is 0 Å². The quantitative estimate of drug-likeness (QED) is 0.791. The number of thioether (sulfide) groups is 2. The Morgan fingerprint density at radius 1 is 1.25 bits per heavy atom. The lowest BCUT2D eigenvalue weighted by Gasteiger charge is -2.20. The molecular weight excluding hydrogens is 288 g/mol. The van der Waals surface area contributed by atoms with Crippen molar-refractivity contribution in [2.24, 2.45) is 4.99 Å². The molecule has 0 spiro atoms. The molecule has 106 valence electrons. The molecular formula is C15H18N2OS2. The largest absolute Gasteiger partial charge is 0.372 e. The van der Waals surface area contributed by atoms with E-state index >= 15 is 0 Å². The third-order valence-electron chi connectivity index (χ3n) is 3.10. The maximum absolute atomic E-state index is 11.8. The first kappa shape index (κ1) is 15.2. The fourth-order valence-corrected chi connectivity index (χ4v) is 3.27. The van der Waals surface area contributed by atoms with Gasteiger partial charge in [0.05, 0.1) is 0 Å². The highest BCUT2D eigenvalue weighted by Crippen LogP contribution is 2.30. The smallest absolute Gasteiger partial charge is 0.244 e. The maximum Gasteiger partial charge on any atom is 0.244 e. The monoisotopic (exact) mass is 306 g/mol. The van der Waals surface area contributed by atoms with E-state index in [1.54, 1.807) is 0 Å². The Balaban J connectivity index is 2.19. The second-order valence-electron chi connectivity index (χ2n) is 4.26. The Morgan fingerprint density at radius 2 is 1.90 bits per heavy atom. The van der Waals surface area contributed by atoms with Crippen LogP contribution in [0.1, 0.15) is 19.4 Å². The second kappa shape index (κ2) is 6.99. The minimum absolute atomic E-state index is 0.0298. The van der Waals surface area contributed by atoms with Gasteiger partial charge in [0.2, 0.25) is 5.12 Å². The third kappa shape index (κ3) is 3.46. The van der Waals surface area contributed by atoms with Crippen LogP contribution in [-0.4, -0.2) is 28.8 Å². The van der Waals surface area contributed by atoms with E-state index in [2.05, 4.69) is 35.9 Å². The normalized spacial score (nSPS) is 16.6. The zero-order valence-electron chi connectivity index (χ0n) is 11.9. The van der Waals surface area contributed by atoms with Crippen LogP contribution in [-0.2, 0) is 4.79 Å². The van der Waals surface area contributed by atoms with Crippen LogP contribution in [0.25, 0.3) is 6.08 Å². The van der Waals surface area contributed by atoms with E-state index in [0.29, 0.717) is 5.70 Å². The number of carbonyl (C=O) groups excluding carboxylic acids is 1. The van der Waals surface area contributed by atoms with Crippen LogP contribution < -0.4 is 4.90 Å². The summed E-state index contributed by atoms with van der Waals surface area (Å²) in [5.41, 5.74) is 2.75. The fraction of sp³-hybridized carbons (Fsp3) is 0.333. The van der Waals surface area contributed by atoms with Gasteiger partial charge >= 0.3 is 0 Å². The average Bonchev–Trinajstić information content (AvgIpc) is 2.82. The summed E-state index contributed by atoms with van der Waals surface area (Å²) in [6.45, 7) is 6.28. The van der Waals surface area contributed by atoms with Crippen LogP contribution in [0.3, 0.4) is 0 Å². The van der Waals surface area contributed by atoms with Crippen molar-refractivity contribution in [3.8, 4) is 0 Å². The standard InChI is InChI=1S/C15H18N2OS2/c1-4-17(5-2)12-8-6-11(7-9-12)10-13-14(18)20-15(16-13)19-3/h6-10H,4-5H2,1-3H3. The van der Waals surface area contributed by atoms with Crippen molar-refractivity contribution in [3.05, 3.63) is 35.5 Å². The summed E-state index contributed by atoms with van der Waals surface area (Å²) in [5.74, 6) is 0. The van der Waals surface area contributed by atoms with E-state index in [1.165, 1.54) is 29.2 Å². The van der Waals surface area contributed by atoms with Gasteiger partial charge in [-0.25, -0.2) is 4.99 Å². The molecule has 0 atom stereocenters. The molecule has 1 aliphatic rings. The summed E-state index contributed by atoms with van der Waals surface area (Å²) < 4.78 is 0.820. The third-order valence-corrected chi connectivity index (χ3v) is 4.95. The first-order valence-electron chi connectivity index (χ1n) is 6.59. The Hall–Kier alpha value is -1.20. The average molecular weight is 306 g/mol. The lowest BCUT2D eigenvalue weighted by atomic mass is 10.1. The van der Waals surface area contributed by atoms with Gasteiger partial charge < -0.3 is 4.90 Å². The molecule has 0 unspecified atom stereocenters. The fourth-order valence-electron chi connectivity index (χ4n) is 2.00. The number of hydrogen-bond acceptors (Lipinski definition) is 5. The molecule has 0 saturated carbocycles. The van der Waals surface area contributed by atoms with Gasteiger partial charge in [-0.2, -0.15) is 0 Å². The molecule has 0 fully saturated rings. The van der Waals surface area contributed by atoms with E-state index in [9.17, 15) is 4.79 Å². The highest BCUT2D eigenvalue weighted by atomic mass is 32.2. The van der Waals surface area contributed by atoms with Gasteiger partial charge in [0.25, 0.3) is 0 Å². The molecule has 0 N–H and O–H groups in total. The molecule has 0 aliphatic carbocycles. The van der Waals surface area contributed by atoms with Gasteiger partial charge in [-0.3, -0.25) is 4.79 Å². The lowest BCUT2D eigenvalue weighted by molar-refractivity contribution is -0.107. The van der Waals surface area contributed by atoms with Crippen LogP contribution in [0.15, 0.2) is 35.0 Å². The van der Waals surface area contributed by atoms with Crippen molar-refractivity contribution in [1.29, 1.82) is 0 Å². The molecule has 20 heavy (non-hydrogen) atoms. The lowest BCUT2D eigenvalue weighted by Crippen LogP contribution is -2.21. The van der Waals surface area contributed by atoms with Gasteiger partial charge in [-0.15, -0.1) is 11.8 Å². The predicted octanol–water partition coefficient (Wildman–Crippen LogP) is 3.87. The van der Waals surface area contributed by atoms with Crippen LogP contribution >= 0.6 is 23.5 Å². The summed E-state index contributed by atoms with van der Waals surface area (Å²) in [6, 6.07) is 8.24. The molecule has 0 saturated heterocycles. The predicted molar refractivity (Wildman–Crippen MR) is 91.5 cm³/mol. The van der Waals surface area contributed by atoms with Gasteiger partial charge in [0.15, 0.2) is 0 Å². The number of rotatable bonds is 4. The number of carbonyl (C=O) groups is 1. The van der Waals surface area contributed by atoms with Crippen molar-refractivity contribution in [2.45, 2.75) is 13.8 Å². The molecule has 3 nitrogen and oxygen atoms in total. The molecule has 0 aromatic heterocycles. The summed E-state index contributed by atoms with van der Waals surface area (Å²) in [6.07, 6.45) is 3.78. The molecule has 1 aliphatic heterocycles. The molecule has 0 bridgehead atoms. The first-order chi connectivity index (χ1) is 9.67. The Morgan fingerprint density at radius 3 is 2.40 bits per heavy atom. The van der Waals surface area contributed by atoms with Crippen LogP contribution in [0.5, 0.6) is 0 Å². The van der Waals surface area contributed by atoms with Gasteiger partial charge in [-0.1, -0.05) is 12.1 Å². The molecule has 0 amide bonds. The summed E-state index contributed by atoms with van der Waals surface area (Å²) in [5, 5.41) is 0.0298. The van der Waals surface area contributed by atoms with Crippen LogP contribution in [0.4, 0.5) is 5.69 Å². The molecule has 1 aromatic rings. The SMILES string of the molecule is CCN(CC)c1ccc(C=C2N=C(SC)SC2=O)cc1. The van der Waals surface area contributed by atoms with E-state index in [0.717, 1.165) is 23.0 Å². The number of benzene rings is 1. The summed E-state index contributed by atoms with van der Waals surface area (Å²) in [7, 11) is 0. The Kier molecular flexibility index (Phi) is 5.31. The highest BCUT2D eigenvalue weighted by Gasteiger charge is 2.21. The zero-order chi connectivity index (χ0) is 14.5. The minimum atomic E-state index is 0.0298. The molecule has 1 aromatic carbocycles. The second-order valence-corrected chi connectivity index (χ2v) is 6.28. The number of hydrogen-bond donors (Lipinski definition) is 0.